The molecule has 8 rings (SSSR count). The molecule has 0 radical (unpaired) electrons. The van der Waals surface area contributed by atoms with Crippen LogP contribution in [0.15, 0.2) is 94.9 Å². The van der Waals surface area contributed by atoms with E-state index in [0.717, 1.165) is 33.6 Å². The van der Waals surface area contributed by atoms with Crippen molar-refractivity contribution in [3.05, 3.63) is 141 Å². The van der Waals surface area contributed by atoms with E-state index in [4.69, 9.17) is 52.1 Å². The summed E-state index contributed by atoms with van der Waals surface area (Å²) >= 11 is 12.5. The van der Waals surface area contributed by atoms with Gasteiger partial charge in [-0.3, -0.25) is 28.7 Å². The third-order valence-corrected chi connectivity index (χ3v) is 11.3. The summed E-state index contributed by atoms with van der Waals surface area (Å²) in [6, 6.07) is 25.2. The summed E-state index contributed by atoms with van der Waals surface area (Å²) in [6.07, 6.45) is 0.153. The van der Waals surface area contributed by atoms with Crippen LogP contribution in [0.25, 0.3) is 11.4 Å². The monoisotopic (exact) mass is 918 g/mol. The van der Waals surface area contributed by atoms with Crippen molar-refractivity contribution in [1.29, 1.82) is 0 Å². The third kappa shape index (κ3) is 10.3. The SMILES string of the molecule is CCNC(=O)C[C@@H]1N=C(c2ccc(Cl)cc2)c2cc(OCCOCCOCCNC(=O)C[C@@H]3N=C(c4ccc(Cl)cc4)c4cc(OC)ccc4-n4c(C)nnc43)ccc2-n2c(C)nnc21. The highest BCUT2D eigenvalue weighted by molar-refractivity contribution is 6.31. The number of hydrogen-bond acceptors (Lipinski definition) is 12. The highest BCUT2D eigenvalue weighted by Gasteiger charge is 2.32. The highest BCUT2D eigenvalue weighted by Crippen LogP contribution is 2.36. The van der Waals surface area contributed by atoms with Crippen molar-refractivity contribution in [1.82, 2.24) is 40.2 Å². The lowest BCUT2D eigenvalue weighted by molar-refractivity contribution is -0.122. The highest BCUT2D eigenvalue weighted by atomic mass is 35.5. The topological polar surface area (TPSA) is 181 Å². The molecule has 18 heteroatoms. The van der Waals surface area contributed by atoms with Gasteiger partial charge in [0.15, 0.2) is 11.6 Å². The van der Waals surface area contributed by atoms with Crippen molar-refractivity contribution in [3.8, 4) is 22.9 Å². The van der Waals surface area contributed by atoms with E-state index in [1.165, 1.54) is 0 Å². The average molecular weight is 920 g/mol. The standard InChI is InChI=1S/C47H48Cl2N10O6/c1-5-50-42(60)26-38-46-56-55-29(3)59(46)41-17-15-35(25-37(41)45(52-38)31-8-12-33(49)13-9-31)65-23-22-64-21-20-63-19-18-51-43(61)27-39-47-57-54-28(2)58(47)40-16-14-34(62-4)24-36(40)44(53-39)30-6-10-32(48)11-7-30/h6-17,24-25,38-39H,5,18-23,26-27H2,1-4H3,(H,50,60)(H,51,61)/t38-,39-/m0/s1. The predicted molar refractivity (Wildman–Crippen MR) is 246 cm³/mol. The number of nitrogens with zero attached hydrogens (tertiary/aromatic N) is 8. The lowest BCUT2D eigenvalue weighted by atomic mass is 10.00. The van der Waals surface area contributed by atoms with E-state index in [0.29, 0.717) is 95.8 Å². The van der Waals surface area contributed by atoms with Crippen molar-refractivity contribution in [2.75, 3.05) is 53.2 Å². The summed E-state index contributed by atoms with van der Waals surface area (Å²) in [6.45, 7) is 8.00. The maximum atomic E-state index is 13.4. The van der Waals surface area contributed by atoms with Crippen molar-refractivity contribution in [2.24, 2.45) is 9.98 Å². The molecule has 16 nitrogen and oxygen atoms in total. The number of aliphatic imine (C=N–C) groups is 2. The van der Waals surface area contributed by atoms with Crippen LogP contribution in [0.4, 0.5) is 0 Å². The van der Waals surface area contributed by atoms with Crippen LogP contribution in [0.1, 0.15) is 77.4 Å². The summed E-state index contributed by atoms with van der Waals surface area (Å²) in [7, 11) is 1.62. The zero-order chi connectivity index (χ0) is 45.5. The molecule has 2 N–H and O–H groups in total. The first-order chi connectivity index (χ1) is 31.6. The minimum atomic E-state index is -0.621. The van der Waals surface area contributed by atoms with Gasteiger partial charge in [0.25, 0.3) is 0 Å². The number of aryl methyl sites for hydroxylation is 2. The van der Waals surface area contributed by atoms with Crippen LogP contribution in [0.3, 0.4) is 0 Å². The van der Waals surface area contributed by atoms with Crippen LogP contribution in [-0.2, 0) is 19.1 Å². The minimum absolute atomic E-state index is 0.0443. The van der Waals surface area contributed by atoms with E-state index < -0.39 is 12.1 Å². The Hall–Kier alpha value is -6.46. The molecule has 6 aromatic rings. The van der Waals surface area contributed by atoms with E-state index >= 15 is 0 Å². The Morgan fingerprint density at radius 3 is 1.62 bits per heavy atom. The van der Waals surface area contributed by atoms with Gasteiger partial charge in [-0.2, -0.15) is 0 Å². The molecular weight excluding hydrogens is 871 g/mol. The Labute approximate surface area is 386 Å². The van der Waals surface area contributed by atoms with Crippen LogP contribution in [0.5, 0.6) is 11.5 Å². The van der Waals surface area contributed by atoms with Gasteiger partial charge in [0, 0.05) is 45.4 Å². The molecule has 0 bridgehead atoms. The summed E-state index contributed by atoms with van der Waals surface area (Å²) in [5.41, 5.74) is 6.31. The molecule has 4 aromatic carbocycles. The Kier molecular flexibility index (Phi) is 14.3. The summed E-state index contributed by atoms with van der Waals surface area (Å²) in [5, 5.41) is 24.6. The van der Waals surface area contributed by atoms with Gasteiger partial charge >= 0.3 is 0 Å². The zero-order valence-electron chi connectivity index (χ0n) is 36.4. The molecule has 2 aromatic heterocycles. The first-order valence-corrected chi connectivity index (χ1v) is 22.0. The third-order valence-electron chi connectivity index (χ3n) is 10.8. The van der Waals surface area contributed by atoms with Crippen LogP contribution < -0.4 is 20.1 Å². The smallest absolute Gasteiger partial charge is 0.222 e. The van der Waals surface area contributed by atoms with Gasteiger partial charge in [-0.15, -0.1) is 20.4 Å². The number of ether oxygens (including phenoxy) is 4. The van der Waals surface area contributed by atoms with Gasteiger partial charge in [0.05, 0.1) is 69.2 Å². The Bertz CT molecular complexity index is 2730. The van der Waals surface area contributed by atoms with Crippen LogP contribution in [0.2, 0.25) is 10.0 Å². The largest absolute Gasteiger partial charge is 0.497 e. The molecule has 2 atom stereocenters. The Morgan fingerprint density at radius 2 is 1.09 bits per heavy atom. The molecule has 2 amide bonds. The molecule has 65 heavy (non-hydrogen) atoms. The molecule has 2 aliphatic rings. The molecule has 0 unspecified atom stereocenters. The van der Waals surface area contributed by atoms with Crippen molar-refractivity contribution in [3.63, 3.8) is 0 Å². The molecule has 0 saturated heterocycles. The fourth-order valence-corrected chi connectivity index (χ4v) is 8.06. The minimum Gasteiger partial charge on any atom is -0.497 e. The lowest BCUT2D eigenvalue weighted by Gasteiger charge is -2.15. The number of halogens is 2. The molecule has 0 spiro atoms. The molecule has 336 valence electrons. The Morgan fingerprint density at radius 1 is 0.615 bits per heavy atom. The van der Waals surface area contributed by atoms with E-state index in [9.17, 15) is 9.59 Å². The second-order valence-electron chi connectivity index (χ2n) is 15.2. The van der Waals surface area contributed by atoms with Crippen molar-refractivity contribution in [2.45, 2.75) is 45.7 Å². The fraction of sp³-hybridized carbons (Fsp3) is 0.319. The summed E-state index contributed by atoms with van der Waals surface area (Å²) < 4.78 is 27.2. The van der Waals surface area contributed by atoms with Crippen LogP contribution in [0, 0.1) is 13.8 Å². The van der Waals surface area contributed by atoms with E-state index in [2.05, 4.69) is 31.0 Å². The van der Waals surface area contributed by atoms with Crippen LogP contribution >= 0.6 is 23.2 Å². The van der Waals surface area contributed by atoms with Gasteiger partial charge in [-0.1, -0.05) is 47.5 Å². The first kappa shape index (κ1) is 45.1. The van der Waals surface area contributed by atoms with Gasteiger partial charge in [-0.05, 0) is 81.4 Å². The number of methoxy groups -OCH3 is 1. The number of carbonyl (C=O) groups is 2. The fourth-order valence-electron chi connectivity index (χ4n) is 7.81. The van der Waals surface area contributed by atoms with Crippen LogP contribution in [-0.4, -0.2) is 106 Å². The second-order valence-corrected chi connectivity index (χ2v) is 16.1. The summed E-state index contributed by atoms with van der Waals surface area (Å²) in [5.74, 6) is 3.44. The van der Waals surface area contributed by atoms with Gasteiger partial charge < -0.3 is 29.6 Å². The van der Waals surface area contributed by atoms with Gasteiger partial charge in [0.1, 0.15) is 41.8 Å². The normalized spacial score (nSPS) is 15.0. The maximum absolute atomic E-state index is 13.4. The predicted octanol–water partition coefficient (Wildman–Crippen LogP) is 6.71. The van der Waals surface area contributed by atoms with E-state index in [1.54, 1.807) is 7.11 Å². The number of fused-ring (bicyclic) bond motifs is 6. The number of aromatic nitrogens is 6. The molecular formula is C47H48Cl2N10O6. The number of rotatable bonds is 18. The molecule has 0 saturated carbocycles. The quantitative estimate of drug-likeness (QED) is 0.0880. The second kappa shape index (κ2) is 20.6. The van der Waals surface area contributed by atoms with Crippen molar-refractivity contribution >= 4 is 46.4 Å². The average Bonchev–Trinajstić information content (AvgIpc) is 3.81. The molecule has 2 aliphatic heterocycles. The van der Waals surface area contributed by atoms with Gasteiger partial charge in [0.2, 0.25) is 11.8 Å². The number of hydrogen-bond donors (Lipinski definition) is 2. The zero-order valence-corrected chi connectivity index (χ0v) is 37.9. The summed E-state index contributed by atoms with van der Waals surface area (Å²) in [4.78, 5) is 36.4. The molecule has 0 fully saturated rings. The number of nitrogens with one attached hydrogen (secondary N) is 2. The molecule has 4 heterocycles. The first-order valence-electron chi connectivity index (χ1n) is 21.3. The number of carbonyl (C=O) groups excluding carboxylic acids is 2. The van der Waals surface area contributed by atoms with Gasteiger partial charge in [-0.25, -0.2) is 0 Å². The number of benzene rings is 4. The van der Waals surface area contributed by atoms with E-state index in [1.807, 2.05) is 115 Å². The Balaban J connectivity index is 0.837. The van der Waals surface area contributed by atoms with Crippen molar-refractivity contribution < 1.29 is 28.5 Å². The van der Waals surface area contributed by atoms with E-state index in [-0.39, 0.29) is 31.3 Å². The number of amides is 2. The maximum Gasteiger partial charge on any atom is 0.222 e. The molecule has 0 aliphatic carbocycles. The lowest BCUT2D eigenvalue weighted by Crippen LogP contribution is -2.29.